The van der Waals surface area contributed by atoms with Gasteiger partial charge in [0, 0.05) is 0 Å². The van der Waals surface area contributed by atoms with E-state index in [4.69, 9.17) is 9.47 Å². The number of benzene rings is 1. The Kier molecular flexibility index (Phi) is 7.24. The van der Waals surface area contributed by atoms with E-state index in [9.17, 15) is 9.59 Å². The van der Waals surface area contributed by atoms with Gasteiger partial charge in [0.1, 0.15) is 11.5 Å². The zero-order valence-electron chi connectivity index (χ0n) is 16.5. The maximum Gasteiger partial charge on any atom is 0.338 e. The van der Waals surface area contributed by atoms with Gasteiger partial charge in [-0.25, -0.2) is 4.79 Å². The van der Waals surface area contributed by atoms with Gasteiger partial charge in [-0.1, -0.05) is 51.8 Å². The lowest BCUT2D eigenvalue weighted by Crippen LogP contribution is -2.42. The van der Waals surface area contributed by atoms with Gasteiger partial charge in [0.2, 0.25) is 0 Å². The van der Waals surface area contributed by atoms with Crippen LogP contribution in [0.5, 0.6) is 0 Å². The fraction of sp³-hybridized carbons (Fsp3) is 0.636. The molecule has 0 radical (unpaired) electrons. The molecule has 2 unspecified atom stereocenters. The molecule has 0 heterocycles. The molecular formula is C22H32O4. The van der Waals surface area contributed by atoms with Gasteiger partial charge in [0.15, 0.2) is 0 Å². The minimum absolute atomic E-state index is 0.195. The van der Waals surface area contributed by atoms with Crippen LogP contribution >= 0.6 is 0 Å². The summed E-state index contributed by atoms with van der Waals surface area (Å²) in [5, 5.41) is 0. The molecule has 1 fully saturated rings. The minimum Gasteiger partial charge on any atom is -0.465 e. The summed E-state index contributed by atoms with van der Waals surface area (Å²) >= 11 is 0. The lowest BCUT2D eigenvalue weighted by atomic mass is 9.79. The average Bonchev–Trinajstić information content (AvgIpc) is 3.01. The molecule has 1 aromatic carbocycles. The van der Waals surface area contributed by atoms with E-state index >= 15 is 0 Å². The predicted octanol–water partition coefficient (Wildman–Crippen LogP) is 5.08. The summed E-state index contributed by atoms with van der Waals surface area (Å²) in [5.41, 5.74) is 0.764. The van der Waals surface area contributed by atoms with Crippen LogP contribution in [0.15, 0.2) is 24.3 Å². The standard InChI is InChI=1S/C22H32O4/c1-5-6-13-22(21(24)25-15-16(2)3)14-9-12-19(22)26-20(23)18-11-8-7-10-17(18)4/h7-8,10-11,16,19H,5-6,9,12-15H2,1-4H3. The second-order valence-electron chi connectivity index (χ2n) is 7.85. The van der Waals surface area contributed by atoms with Crippen molar-refractivity contribution >= 4 is 11.9 Å². The van der Waals surface area contributed by atoms with Gasteiger partial charge in [-0.05, 0) is 50.2 Å². The molecule has 4 heteroatoms. The molecule has 1 aliphatic rings. The summed E-state index contributed by atoms with van der Waals surface area (Å²) < 4.78 is 11.5. The van der Waals surface area contributed by atoms with Crippen molar-refractivity contribution in [2.45, 2.75) is 72.3 Å². The molecule has 0 spiro atoms. The zero-order chi connectivity index (χ0) is 19.2. The quantitative estimate of drug-likeness (QED) is 0.607. The average molecular weight is 360 g/mol. The lowest BCUT2D eigenvalue weighted by molar-refractivity contribution is -0.163. The summed E-state index contributed by atoms with van der Waals surface area (Å²) in [6.07, 6.45) is 4.57. The van der Waals surface area contributed by atoms with Crippen LogP contribution in [-0.2, 0) is 14.3 Å². The van der Waals surface area contributed by atoms with Gasteiger partial charge in [-0.15, -0.1) is 0 Å². The molecule has 1 aromatic rings. The van der Waals surface area contributed by atoms with E-state index in [0.29, 0.717) is 18.6 Å². The molecule has 2 rings (SSSR count). The third-order valence-electron chi connectivity index (χ3n) is 5.25. The Morgan fingerprint density at radius 3 is 2.65 bits per heavy atom. The number of rotatable bonds is 8. The van der Waals surface area contributed by atoms with Gasteiger partial charge in [-0.3, -0.25) is 4.79 Å². The fourth-order valence-corrected chi connectivity index (χ4v) is 3.71. The first kappa shape index (κ1) is 20.5. The molecule has 26 heavy (non-hydrogen) atoms. The van der Waals surface area contributed by atoms with E-state index in [1.807, 2.05) is 39.0 Å². The highest BCUT2D eigenvalue weighted by molar-refractivity contribution is 5.91. The van der Waals surface area contributed by atoms with Crippen molar-refractivity contribution in [1.29, 1.82) is 0 Å². The van der Waals surface area contributed by atoms with Gasteiger partial charge < -0.3 is 9.47 Å². The van der Waals surface area contributed by atoms with Crippen molar-refractivity contribution in [1.82, 2.24) is 0 Å². The van der Waals surface area contributed by atoms with Gasteiger partial charge in [0.25, 0.3) is 0 Å². The van der Waals surface area contributed by atoms with Crippen molar-refractivity contribution in [3.8, 4) is 0 Å². The summed E-state index contributed by atoms with van der Waals surface area (Å²) in [7, 11) is 0. The van der Waals surface area contributed by atoms with Crippen LogP contribution in [0.1, 0.15) is 75.2 Å². The number of ether oxygens (including phenoxy) is 2. The summed E-state index contributed by atoms with van der Waals surface area (Å²) in [5.74, 6) is -0.246. The summed E-state index contributed by atoms with van der Waals surface area (Å²) in [6.45, 7) is 8.46. The second kappa shape index (κ2) is 9.20. The van der Waals surface area contributed by atoms with Gasteiger partial charge in [-0.2, -0.15) is 0 Å². The Morgan fingerprint density at radius 2 is 2.00 bits per heavy atom. The van der Waals surface area contributed by atoms with Crippen molar-refractivity contribution in [3.63, 3.8) is 0 Å². The predicted molar refractivity (Wildman–Crippen MR) is 102 cm³/mol. The third-order valence-corrected chi connectivity index (χ3v) is 5.25. The number of hydrogen-bond donors (Lipinski definition) is 0. The molecule has 0 saturated heterocycles. The molecule has 0 N–H and O–H groups in total. The number of esters is 2. The molecule has 0 bridgehead atoms. The number of aryl methyl sites for hydroxylation is 1. The molecule has 144 valence electrons. The number of unbranched alkanes of at least 4 members (excludes halogenated alkanes) is 1. The lowest BCUT2D eigenvalue weighted by Gasteiger charge is -2.33. The molecule has 4 nitrogen and oxygen atoms in total. The summed E-state index contributed by atoms with van der Waals surface area (Å²) in [6, 6.07) is 7.40. The number of carbonyl (C=O) groups excluding carboxylic acids is 2. The van der Waals surface area contributed by atoms with Crippen LogP contribution in [-0.4, -0.2) is 24.6 Å². The Morgan fingerprint density at radius 1 is 1.27 bits per heavy atom. The molecule has 0 aromatic heterocycles. The Bertz CT molecular complexity index is 622. The van der Waals surface area contributed by atoms with Crippen LogP contribution in [0.4, 0.5) is 0 Å². The van der Waals surface area contributed by atoms with Crippen LogP contribution < -0.4 is 0 Å². The van der Waals surface area contributed by atoms with Crippen LogP contribution in [0, 0.1) is 18.3 Å². The van der Waals surface area contributed by atoms with Crippen LogP contribution in [0.3, 0.4) is 0 Å². The smallest absolute Gasteiger partial charge is 0.338 e. The molecular weight excluding hydrogens is 328 g/mol. The molecule has 2 atom stereocenters. The fourth-order valence-electron chi connectivity index (χ4n) is 3.71. The van der Waals surface area contributed by atoms with E-state index in [2.05, 4.69) is 6.92 Å². The Balaban J connectivity index is 2.19. The van der Waals surface area contributed by atoms with Crippen molar-refractivity contribution in [2.75, 3.05) is 6.61 Å². The first-order valence-electron chi connectivity index (χ1n) is 9.84. The van der Waals surface area contributed by atoms with Crippen LogP contribution in [0.25, 0.3) is 0 Å². The molecule has 0 aliphatic heterocycles. The normalized spacial score (nSPS) is 22.4. The van der Waals surface area contributed by atoms with Crippen molar-refractivity contribution < 1.29 is 19.1 Å². The van der Waals surface area contributed by atoms with E-state index in [1.54, 1.807) is 6.07 Å². The van der Waals surface area contributed by atoms with E-state index in [1.165, 1.54) is 0 Å². The Labute approximate surface area is 157 Å². The van der Waals surface area contributed by atoms with Crippen molar-refractivity contribution in [3.05, 3.63) is 35.4 Å². The first-order chi connectivity index (χ1) is 12.4. The molecule has 0 amide bonds. The highest BCUT2D eigenvalue weighted by atomic mass is 16.6. The van der Waals surface area contributed by atoms with E-state index < -0.39 is 11.5 Å². The Hall–Kier alpha value is -1.84. The van der Waals surface area contributed by atoms with E-state index in [0.717, 1.165) is 37.7 Å². The second-order valence-corrected chi connectivity index (χ2v) is 7.85. The molecule has 1 aliphatic carbocycles. The third kappa shape index (κ3) is 4.66. The number of carbonyl (C=O) groups is 2. The largest absolute Gasteiger partial charge is 0.465 e. The first-order valence-corrected chi connectivity index (χ1v) is 9.84. The van der Waals surface area contributed by atoms with Gasteiger partial charge >= 0.3 is 11.9 Å². The minimum atomic E-state index is -0.691. The number of hydrogen-bond acceptors (Lipinski definition) is 4. The SMILES string of the molecule is CCCCC1(C(=O)OCC(C)C)CCCC1OC(=O)c1ccccc1C. The maximum atomic E-state index is 13.0. The zero-order valence-corrected chi connectivity index (χ0v) is 16.5. The summed E-state index contributed by atoms with van der Waals surface area (Å²) in [4.78, 5) is 25.7. The van der Waals surface area contributed by atoms with Crippen molar-refractivity contribution in [2.24, 2.45) is 11.3 Å². The highest BCUT2D eigenvalue weighted by Crippen LogP contribution is 2.46. The van der Waals surface area contributed by atoms with E-state index in [-0.39, 0.29) is 17.9 Å². The highest BCUT2D eigenvalue weighted by Gasteiger charge is 2.52. The topological polar surface area (TPSA) is 52.6 Å². The van der Waals surface area contributed by atoms with Crippen LogP contribution in [0.2, 0.25) is 0 Å². The monoisotopic (exact) mass is 360 g/mol. The molecule has 1 saturated carbocycles. The van der Waals surface area contributed by atoms with Gasteiger partial charge in [0.05, 0.1) is 12.2 Å². The maximum absolute atomic E-state index is 13.0.